The van der Waals surface area contributed by atoms with Crippen LogP contribution in [0.3, 0.4) is 0 Å². The van der Waals surface area contributed by atoms with Crippen LogP contribution in [0.4, 0.5) is 5.69 Å². The smallest absolute Gasteiger partial charge is 0.256 e. The molecular weight excluding hydrogens is 458 g/mol. The van der Waals surface area contributed by atoms with Gasteiger partial charge in [0, 0.05) is 10.9 Å². The van der Waals surface area contributed by atoms with E-state index in [-0.39, 0.29) is 5.91 Å². The van der Waals surface area contributed by atoms with Crippen molar-refractivity contribution in [2.24, 2.45) is 0 Å². The first-order chi connectivity index (χ1) is 17.5. The molecule has 1 heterocycles. The first-order valence-corrected chi connectivity index (χ1v) is 11.2. The average molecular weight is 484 g/mol. The Bertz CT molecular complexity index is 1450. The van der Waals surface area contributed by atoms with Crippen LogP contribution in [0.5, 0.6) is 23.0 Å². The summed E-state index contributed by atoms with van der Waals surface area (Å²) in [7, 11) is 4.62. The second-order valence-corrected chi connectivity index (χ2v) is 7.70. The van der Waals surface area contributed by atoms with Gasteiger partial charge in [0.25, 0.3) is 5.91 Å². The van der Waals surface area contributed by atoms with Gasteiger partial charge in [-0.25, -0.2) is 4.98 Å². The van der Waals surface area contributed by atoms with Crippen molar-refractivity contribution in [3.8, 4) is 40.3 Å². The molecule has 0 spiro atoms. The maximum absolute atomic E-state index is 13.6. The minimum Gasteiger partial charge on any atom is -0.493 e. The van der Waals surface area contributed by atoms with Gasteiger partial charge in [-0.2, -0.15) is 5.26 Å². The molecule has 8 nitrogen and oxygen atoms in total. The van der Waals surface area contributed by atoms with Gasteiger partial charge in [0.2, 0.25) is 5.75 Å². The normalized spacial score (nSPS) is 10.4. The van der Waals surface area contributed by atoms with Crippen LogP contribution >= 0.6 is 0 Å². The van der Waals surface area contributed by atoms with Crippen LogP contribution in [0.1, 0.15) is 22.8 Å². The van der Waals surface area contributed by atoms with E-state index >= 15 is 0 Å². The zero-order valence-corrected chi connectivity index (χ0v) is 20.4. The molecule has 0 bridgehead atoms. The van der Waals surface area contributed by atoms with Gasteiger partial charge in [-0.3, -0.25) is 4.79 Å². The van der Waals surface area contributed by atoms with E-state index in [1.165, 1.54) is 7.11 Å². The second kappa shape index (κ2) is 10.7. The largest absolute Gasteiger partial charge is 0.493 e. The molecule has 0 aliphatic carbocycles. The second-order valence-electron chi connectivity index (χ2n) is 7.70. The molecule has 4 rings (SSSR count). The third-order valence-corrected chi connectivity index (χ3v) is 5.58. The Morgan fingerprint density at radius 3 is 2.31 bits per heavy atom. The lowest BCUT2D eigenvalue weighted by Gasteiger charge is -2.16. The van der Waals surface area contributed by atoms with E-state index in [1.54, 1.807) is 50.6 Å². The van der Waals surface area contributed by atoms with Crippen molar-refractivity contribution in [1.29, 1.82) is 5.26 Å². The number of amides is 1. The topological polar surface area (TPSA) is 103 Å². The van der Waals surface area contributed by atoms with Gasteiger partial charge < -0.3 is 24.3 Å². The molecule has 1 amide bonds. The lowest BCUT2D eigenvalue weighted by molar-refractivity contribution is 0.102. The quantitative estimate of drug-likeness (QED) is 0.355. The predicted octanol–water partition coefficient (Wildman–Crippen LogP) is 5.45. The van der Waals surface area contributed by atoms with E-state index in [1.807, 2.05) is 31.2 Å². The van der Waals surface area contributed by atoms with E-state index in [9.17, 15) is 10.1 Å². The van der Waals surface area contributed by atoms with Crippen molar-refractivity contribution in [2.75, 3.05) is 33.3 Å². The van der Waals surface area contributed by atoms with Gasteiger partial charge in [0.15, 0.2) is 11.5 Å². The van der Waals surface area contributed by atoms with Gasteiger partial charge in [-0.05, 0) is 49.4 Å². The van der Waals surface area contributed by atoms with Gasteiger partial charge >= 0.3 is 0 Å². The summed E-state index contributed by atoms with van der Waals surface area (Å²) < 4.78 is 22.1. The SMILES string of the molecule is CCOc1ccc(C#N)cc1NC(=O)c1cc(-c2cc(OC)c(OC)c(OC)c2)nc2ccccc12. The third kappa shape index (κ3) is 4.72. The fourth-order valence-corrected chi connectivity index (χ4v) is 3.91. The van der Waals surface area contributed by atoms with Crippen molar-refractivity contribution in [1.82, 2.24) is 4.98 Å². The number of nitriles is 1. The number of para-hydroxylation sites is 1. The highest BCUT2D eigenvalue weighted by molar-refractivity contribution is 6.13. The lowest BCUT2D eigenvalue weighted by Crippen LogP contribution is -2.14. The zero-order valence-electron chi connectivity index (χ0n) is 20.4. The molecule has 36 heavy (non-hydrogen) atoms. The highest BCUT2D eigenvalue weighted by Gasteiger charge is 2.19. The number of benzene rings is 3. The number of carbonyl (C=O) groups is 1. The number of carbonyl (C=O) groups excluding carboxylic acids is 1. The van der Waals surface area contributed by atoms with E-state index in [2.05, 4.69) is 11.4 Å². The Morgan fingerprint density at radius 1 is 0.944 bits per heavy atom. The average Bonchev–Trinajstić information content (AvgIpc) is 2.92. The Kier molecular flexibility index (Phi) is 7.21. The number of hydrogen-bond donors (Lipinski definition) is 1. The number of pyridine rings is 1. The minimum absolute atomic E-state index is 0.363. The molecule has 0 radical (unpaired) electrons. The Hall–Kier alpha value is -4.77. The van der Waals surface area contributed by atoms with Crippen LogP contribution in [0, 0.1) is 11.3 Å². The lowest BCUT2D eigenvalue weighted by atomic mass is 10.0. The fourth-order valence-electron chi connectivity index (χ4n) is 3.91. The highest BCUT2D eigenvalue weighted by Crippen LogP contribution is 2.41. The molecule has 0 unspecified atom stereocenters. The molecule has 0 aliphatic heterocycles. The van der Waals surface area contributed by atoms with E-state index in [0.29, 0.717) is 68.6 Å². The molecule has 1 N–H and O–H groups in total. The van der Waals surface area contributed by atoms with Crippen molar-refractivity contribution in [2.45, 2.75) is 6.92 Å². The number of aromatic nitrogens is 1. The Balaban J connectivity index is 1.84. The van der Waals surface area contributed by atoms with Crippen LogP contribution in [-0.2, 0) is 0 Å². The van der Waals surface area contributed by atoms with Crippen LogP contribution < -0.4 is 24.3 Å². The summed E-state index contributed by atoms with van der Waals surface area (Å²) in [5.74, 6) is 1.53. The number of ether oxygens (including phenoxy) is 4. The van der Waals surface area contributed by atoms with Crippen molar-refractivity contribution < 1.29 is 23.7 Å². The van der Waals surface area contributed by atoms with Gasteiger partial charge in [0.1, 0.15) is 5.75 Å². The van der Waals surface area contributed by atoms with Crippen LogP contribution in [-0.4, -0.2) is 38.8 Å². The molecule has 0 aliphatic rings. The molecule has 0 saturated heterocycles. The van der Waals surface area contributed by atoms with E-state index in [0.717, 1.165) is 0 Å². The maximum Gasteiger partial charge on any atom is 0.256 e. The number of fused-ring (bicyclic) bond motifs is 1. The Labute approximate surface area is 209 Å². The summed E-state index contributed by atoms with van der Waals surface area (Å²) in [5.41, 5.74) is 3.11. The molecule has 0 atom stereocenters. The fraction of sp³-hybridized carbons (Fsp3) is 0.179. The molecule has 4 aromatic rings. The molecule has 182 valence electrons. The monoisotopic (exact) mass is 483 g/mol. The first-order valence-electron chi connectivity index (χ1n) is 11.2. The summed E-state index contributed by atoms with van der Waals surface area (Å²) in [6.45, 7) is 2.27. The van der Waals surface area contributed by atoms with Crippen molar-refractivity contribution in [3.63, 3.8) is 0 Å². The number of methoxy groups -OCH3 is 3. The van der Waals surface area contributed by atoms with Crippen LogP contribution in [0.15, 0.2) is 60.7 Å². The van der Waals surface area contributed by atoms with Crippen LogP contribution in [0.25, 0.3) is 22.2 Å². The molecule has 1 aromatic heterocycles. The number of anilines is 1. The number of rotatable bonds is 8. The molecule has 8 heteroatoms. The zero-order chi connectivity index (χ0) is 25.7. The summed E-state index contributed by atoms with van der Waals surface area (Å²) in [6.07, 6.45) is 0. The summed E-state index contributed by atoms with van der Waals surface area (Å²) in [5, 5.41) is 12.9. The third-order valence-electron chi connectivity index (χ3n) is 5.58. The molecular formula is C28H25N3O5. The Morgan fingerprint density at radius 2 is 1.67 bits per heavy atom. The molecule has 0 fully saturated rings. The van der Waals surface area contributed by atoms with E-state index in [4.69, 9.17) is 23.9 Å². The highest BCUT2D eigenvalue weighted by atomic mass is 16.5. The van der Waals surface area contributed by atoms with Gasteiger partial charge in [0.05, 0.1) is 62.0 Å². The van der Waals surface area contributed by atoms with Crippen LogP contribution in [0.2, 0.25) is 0 Å². The number of nitrogens with one attached hydrogen (secondary N) is 1. The standard InChI is InChI=1S/C28H25N3O5/c1-5-36-24-11-10-17(16-29)12-23(24)31-28(32)20-15-22(30-21-9-7-6-8-19(20)21)18-13-25(33-2)27(35-4)26(14-18)34-3/h6-15H,5H2,1-4H3,(H,31,32). The predicted molar refractivity (Wildman–Crippen MR) is 137 cm³/mol. The summed E-state index contributed by atoms with van der Waals surface area (Å²) in [4.78, 5) is 18.3. The number of nitrogens with zero attached hydrogens (tertiary/aromatic N) is 2. The summed E-state index contributed by atoms with van der Waals surface area (Å²) in [6, 6.07) is 19.7. The minimum atomic E-state index is -0.363. The molecule has 0 saturated carbocycles. The molecule has 3 aromatic carbocycles. The van der Waals surface area contributed by atoms with Gasteiger partial charge in [-0.15, -0.1) is 0 Å². The summed E-state index contributed by atoms with van der Waals surface area (Å²) >= 11 is 0. The van der Waals surface area contributed by atoms with Crippen molar-refractivity contribution in [3.05, 3.63) is 71.8 Å². The maximum atomic E-state index is 13.6. The van der Waals surface area contributed by atoms with Gasteiger partial charge in [-0.1, -0.05) is 18.2 Å². The van der Waals surface area contributed by atoms with E-state index < -0.39 is 0 Å². The number of hydrogen-bond acceptors (Lipinski definition) is 7. The first kappa shape index (κ1) is 24.4. The van der Waals surface area contributed by atoms with Crippen molar-refractivity contribution >= 4 is 22.5 Å².